The maximum Gasteiger partial charge on any atom is 0.309 e. The van der Waals surface area contributed by atoms with Crippen LogP contribution in [0.4, 0.5) is 0 Å². The van der Waals surface area contributed by atoms with Crippen LogP contribution in [0.5, 0.6) is 0 Å². The van der Waals surface area contributed by atoms with E-state index in [1.807, 2.05) is 0 Å². The van der Waals surface area contributed by atoms with Crippen LogP contribution in [0.3, 0.4) is 0 Å². The number of carbonyl (C=O) groups is 1. The third kappa shape index (κ3) is 5.85. The van der Waals surface area contributed by atoms with E-state index in [-0.39, 0.29) is 12.0 Å². The molecule has 0 heterocycles. The molecule has 2 atom stereocenters. The summed E-state index contributed by atoms with van der Waals surface area (Å²) in [5.74, 6) is -0.943. The lowest BCUT2D eigenvalue weighted by Gasteiger charge is -2.28. The lowest BCUT2D eigenvalue weighted by Crippen LogP contribution is -2.33. The van der Waals surface area contributed by atoms with Crippen molar-refractivity contribution in [2.45, 2.75) is 77.2 Å². The lowest BCUT2D eigenvalue weighted by molar-refractivity contribution is -0.149. The van der Waals surface area contributed by atoms with Crippen molar-refractivity contribution in [1.82, 2.24) is 0 Å². The molecule has 1 fully saturated rings. The normalized spacial score (nSPS) is 24.1. The molecular formula is C15H28O3. The Labute approximate surface area is 111 Å². The van der Waals surface area contributed by atoms with E-state index in [1.165, 1.54) is 32.1 Å². The Morgan fingerprint density at radius 1 is 1.11 bits per heavy atom. The Bertz CT molecular complexity index is 228. The molecule has 1 rings (SSSR count). The molecule has 3 heteroatoms. The van der Waals surface area contributed by atoms with Crippen LogP contribution in [-0.2, 0) is 9.53 Å². The van der Waals surface area contributed by atoms with E-state index < -0.39 is 5.97 Å². The summed E-state index contributed by atoms with van der Waals surface area (Å²) < 4.78 is 5.78. The van der Waals surface area contributed by atoms with Crippen molar-refractivity contribution in [1.29, 1.82) is 0 Å². The molecule has 106 valence electrons. The van der Waals surface area contributed by atoms with Gasteiger partial charge in [-0.25, -0.2) is 0 Å². The van der Waals surface area contributed by atoms with E-state index in [2.05, 4.69) is 6.92 Å². The van der Waals surface area contributed by atoms with Crippen molar-refractivity contribution in [2.75, 3.05) is 6.61 Å². The number of hydrogen-bond donors (Lipinski definition) is 1. The molecule has 1 aliphatic carbocycles. The summed E-state index contributed by atoms with van der Waals surface area (Å²) >= 11 is 0. The van der Waals surface area contributed by atoms with Gasteiger partial charge in [-0.3, -0.25) is 4.79 Å². The fraction of sp³-hybridized carbons (Fsp3) is 0.933. The second kappa shape index (κ2) is 9.37. The highest BCUT2D eigenvalue weighted by Crippen LogP contribution is 2.27. The number of carboxylic acid groups (broad SMARTS) is 1. The third-order valence-corrected chi connectivity index (χ3v) is 3.85. The molecule has 1 N–H and O–H groups in total. The van der Waals surface area contributed by atoms with Crippen molar-refractivity contribution in [2.24, 2.45) is 5.92 Å². The topological polar surface area (TPSA) is 46.5 Å². The van der Waals surface area contributed by atoms with E-state index in [0.717, 1.165) is 38.7 Å². The zero-order valence-corrected chi connectivity index (χ0v) is 11.7. The summed E-state index contributed by atoms with van der Waals surface area (Å²) in [6, 6.07) is 0. The van der Waals surface area contributed by atoms with Gasteiger partial charge in [0.1, 0.15) is 0 Å². The third-order valence-electron chi connectivity index (χ3n) is 3.85. The van der Waals surface area contributed by atoms with Gasteiger partial charge in [0.05, 0.1) is 12.0 Å². The Balaban J connectivity index is 2.07. The predicted molar refractivity (Wildman–Crippen MR) is 72.7 cm³/mol. The molecule has 0 radical (unpaired) electrons. The number of unbranched alkanes of at least 4 members (excludes halogenated alkanes) is 5. The van der Waals surface area contributed by atoms with Crippen LogP contribution in [-0.4, -0.2) is 23.8 Å². The Hall–Kier alpha value is -0.570. The Kier molecular flexibility index (Phi) is 8.06. The molecule has 0 aromatic heterocycles. The largest absolute Gasteiger partial charge is 0.481 e. The first-order chi connectivity index (χ1) is 8.75. The van der Waals surface area contributed by atoms with Gasteiger partial charge in [-0.05, 0) is 19.3 Å². The SMILES string of the molecule is CCCCCCCCOC1CCCCC1C(=O)O. The molecule has 18 heavy (non-hydrogen) atoms. The molecule has 0 aromatic carbocycles. The van der Waals surface area contributed by atoms with Gasteiger partial charge in [-0.1, -0.05) is 51.9 Å². The first kappa shape index (κ1) is 15.5. The molecule has 1 aliphatic rings. The monoisotopic (exact) mass is 256 g/mol. The van der Waals surface area contributed by atoms with Crippen molar-refractivity contribution >= 4 is 5.97 Å². The molecule has 2 unspecified atom stereocenters. The molecule has 0 spiro atoms. The number of ether oxygens (including phenoxy) is 1. The number of hydrogen-bond acceptors (Lipinski definition) is 2. The highest BCUT2D eigenvalue weighted by atomic mass is 16.5. The van der Waals surface area contributed by atoms with Gasteiger partial charge in [0.15, 0.2) is 0 Å². The van der Waals surface area contributed by atoms with Crippen LogP contribution in [0.1, 0.15) is 71.1 Å². The molecule has 0 bridgehead atoms. The summed E-state index contributed by atoms with van der Waals surface area (Å²) in [4.78, 5) is 11.1. The van der Waals surface area contributed by atoms with Gasteiger partial charge in [0.25, 0.3) is 0 Å². The van der Waals surface area contributed by atoms with E-state index in [0.29, 0.717) is 0 Å². The maximum absolute atomic E-state index is 11.1. The summed E-state index contributed by atoms with van der Waals surface area (Å²) in [5.41, 5.74) is 0. The van der Waals surface area contributed by atoms with Gasteiger partial charge in [-0.2, -0.15) is 0 Å². The van der Waals surface area contributed by atoms with Crippen LogP contribution in [0, 0.1) is 5.92 Å². The van der Waals surface area contributed by atoms with Crippen molar-refractivity contribution in [3.63, 3.8) is 0 Å². The first-order valence-electron chi connectivity index (χ1n) is 7.60. The molecule has 0 amide bonds. The second-order valence-corrected chi connectivity index (χ2v) is 5.41. The van der Waals surface area contributed by atoms with Crippen LogP contribution in [0.25, 0.3) is 0 Å². The van der Waals surface area contributed by atoms with Crippen molar-refractivity contribution in [3.8, 4) is 0 Å². The van der Waals surface area contributed by atoms with Crippen LogP contribution < -0.4 is 0 Å². The molecule has 3 nitrogen and oxygen atoms in total. The Morgan fingerprint density at radius 2 is 1.78 bits per heavy atom. The summed E-state index contributed by atoms with van der Waals surface area (Å²) in [6.45, 7) is 2.96. The number of carboxylic acids is 1. The summed E-state index contributed by atoms with van der Waals surface area (Å²) in [6.07, 6.45) is 11.3. The number of aliphatic carboxylic acids is 1. The van der Waals surface area contributed by atoms with Gasteiger partial charge < -0.3 is 9.84 Å². The second-order valence-electron chi connectivity index (χ2n) is 5.41. The van der Waals surface area contributed by atoms with Crippen LogP contribution >= 0.6 is 0 Å². The average molecular weight is 256 g/mol. The lowest BCUT2D eigenvalue weighted by atomic mass is 9.86. The highest BCUT2D eigenvalue weighted by molar-refractivity contribution is 5.70. The first-order valence-corrected chi connectivity index (χ1v) is 7.60. The van der Waals surface area contributed by atoms with E-state index in [1.54, 1.807) is 0 Å². The minimum atomic E-state index is -0.678. The predicted octanol–water partition coefficient (Wildman–Crippen LogP) is 4.01. The average Bonchev–Trinajstić information content (AvgIpc) is 2.38. The minimum Gasteiger partial charge on any atom is -0.481 e. The molecule has 0 aliphatic heterocycles. The minimum absolute atomic E-state index is 0.0353. The summed E-state index contributed by atoms with van der Waals surface area (Å²) in [5, 5.41) is 9.13. The zero-order chi connectivity index (χ0) is 13.2. The highest BCUT2D eigenvalue weighted by Gasteiger charge is 2.31. The van der Waals surface area contributed by atoms with Gasteiger partial charge in [0, 0.05) is 6.61 Å². The van der Waals surface area contributed by atoms with E-state index >= 15 is 0 Å². The van der Waals surface area contributed by atoms with Gasteiger partial charge in [0.2, 0.25) is 0 Å². The fourth-order valence-electron chi connectivity index (χ4n) is 2.70. The van der Waals surface area contributed by atoms with E-state index in [4.69, 9.17) is 9.84 Å². The Morgan fingerprint density at radius 3 is 2.50 bits per heavy atom. The van der Waals surface area contributed by atoms with Gasteiger partial charge in [-0.15, -0.1) is 0 Å². The maximum atomic E-state index is 11.1. The molecule has 1 saturated carbocycles. The fourth-order valence-corrected chi connectivity index (χ4v) is 2.70. The molecular weight excluding hydrogens is 228 g/mol. The smallest absolute Gasteiger partial charge is 0.309 e. The van der Waals surface area contributed by atoms with Crippen LogP contribution in [0.2, 0.25) is 0 Å². The molecule has 0 saturated heterocycles. The van der Waals surface area contributed by atoms with Crippen molar-refractivity contribution in [3.05, 3.63) is 0 Å². The summed E-state index contributed by atoms with van der Waals surface area (Å²) in [7, 11) is 0. The number of rotatable bonds is 9. The quantitative estimate of drug-likeness (QED) is 0.634. The van der Waals surface area contributed by atoms with Crippen molar-refractivity contribution < 1.29 is 14.6 Å². The zero-order valence-electron chi connectivity index (χ0n) is 11.7. The molecule has 0 aromatic rings. The van der Waals surface area contributed by atoms with E-state index in [9.17, 15) is 4.79 Å². The standard InChI is InChI=1S/C15H28O3/c1-2-3-4-5-6-9-12-18-14-11-8-7-10-13(14)15(16)17/h13-14H,2-12H2,1H3,(H,16,17). The van der Waals surface area contributed by atoms with Crippen LogP contribution in [0.15, 0.2) is 0 Å². The van der Waals surface area contributed by atoms with Gasteiger partial charge >= 0.3 is 5.97 Å².